The molecule has 0 aliphatic heterocycles. The minimum absolute atomic E-state index is 0.0749. The zero-order chi connectivity index (χ0) is 20.6. The fourth-order valence-corrected chi connectivity index (χ4v) is 4.42. The molecule has 1 amide bonds. The van der Waals surface area contributed by atoms with E-state index in [4.69, 9.17) is 11.6 Å². The van der Waals surface area contributed by atoms with Gasteiger partial charge in [-0.15, -0.1) is 11.8 Å². The van der Waals surface area contributed by atoms with E-state index in [9.17, 15) is 13.2 Å². The van der Waals surface area contributed by atoms with E-state index in [-0.39, 0.29) is 18.9 Å². The molecule has 0 aliphatic rings. The summed E-state index contributed by atoms with van der Waals surface area (Å²) in [6.07, 6.45) is 1.87. The van der Waals surface area contributed by atoms with Crippen LogP contribution in [0.15, 0.2) is 53.4 Å². The van der Waals surface area contributed by atoms with Crippen molar-refractivity contribution in [2.24, 2.45) is 0 Å². The van der Waals surface area contributed by atoms with E-state index in [1.165, 1.54) is 14.8 Å². The first-order valence-corrected chi connectivity index (χ1v) is 12.2. The van der Waals surface area contributed by atoms with Gasteiger partial charge in [-0.05, 0) is 49.7 Å². The van der Waals surface area contributed by atoms with E-state index >= 15 is 0 Å². The van der Waals surface area contributed by atoms with E-state index < -0.39 is 10.0 Å². The maximum Gasteiger partial charge on any atom is 0.232 e. The molecule has 0 aromatic heterocycles. The second-order valence-corrected chi connectivity index (χ2v) is 9.94. The fourth-order valence-electron chi connectivity index (χ4n) is 2.56. The lowest BCUT2D eigenvalue weighted by Crippen LogP contribution is -2.32. The van der Waals surface area contributed by atoms with E-state index in [0.29, 0.717) is 23.7 Å². The third kappa shape index (κ3) is 7.73. The predicted molar refractivity (Wildman–Crippen MR) is 118 cm³/mol. The molecule has 152 valence electrons. The number of nitrogens with one attached hydrogen (secondary N) is 1. The van der Waals surface area contributed by atoms with Crippen molar-refractivity contribution >= 4 is 45.0 Å². The topological polar surface area (TPSA) is 66.5 Å². The summed E-state index contributed by atoms with van der Waals surface area (Å²) in [4.78, 5) is 13.2. The summed E-state index contributed by atoms with van der Waals surface area (Å²) in [6, 6.07) is 14.9. The van der Waals surface area contributed by atoms with Crippen molar-refractivity contribution in [3.05, 3.63) is 59.1 Å². The molecule has 0 saturated heterocycles. The van der Waals surface area contributed by atoms with Crippen molar-refractivity contribution in [3.8, 4) is 0 Å². The average Bonchev–Trinajstić information content (AvgIpc) is 2.64. The monoisotopic (exact) mass is 440 g/mol. The lowest BCUT2D eigenvalue weighted by molar-refractivity contribution is -0.121. The maximum absolute atomic E-state index is 12.0. The number of carbonyl (C=O) groups excluding carboxylic acids is 1. The van der Waals surface area contributed by atoms with Crippen molar-refractivity contribution in [3.63, 3.8) is 0 Å². The van der Waals surface area contributed by atoms with Crippen LogP contribution in [0.25, 0.3) is 0 Å². The van der Waals surface area contributed by atoms with Gasteiger partial charge in [0.2, 0.25) is 15.9 Å². The number of hydrogen-bond donors (Lipinski definition) is 1. The minimum atomic E-state index is -3.43. The number of rotatable bonds is 10. The average molecular weight is 441 g/mol. The molecule has 2 rings (SSSR count). The lowest BCUT2D eigenvalue weighted by atomic mass is 10.2. The number of anilines is 1. The third-order valence-corrected chi connectivity index (χ3v) is 6.45. The molecule has 8 heteroatoms. The van der Waals surface area contributed by atoms with Crippen LogP contribution < -0.4 is 9.62 Å². The van der Waals surface area contributed by atoms with Crippen LogP contribution in [0.2, 0.25) is 5.02 Å². The molecule has 0 unspecified atom stereocenters. The van der Waals surface area contributed by atoms with Crippen molar-refractivity contribution < 1.29 is 13.2 Å². The highest BCUT2D eigenvalue weighted by Gasteiger charge is 2.17. The Morgan fingerprint density at radius 2 is 1.75 bits per heavy atom. The van der Waals surface area contributed by atoms with Crippen LogP contribution in [0.1, 0.15) is 18.4 Å². The van der Waals surface area contributed by atoms with Crippen molar-refractivity contribution in [1.29, 1.82) is 0 Å². The summed E-state index contributed by atoms with van der Waals surface area (Å²) in [6.45, 7) is 2.86. The molecule has 0 fully saturated rings. The molecule has 0 spiro atoms. The Labute approximate surface area is 176 Å². The van der Waals surface area contributed by atoms with E-state index in [1.54, 1.807) is 36.0 Å². The van der Waals surface area contributed by atoms with Gasteiger partial charge in [0.15, 0.2) is 0 Å². The highest BCUT2D eigenvalue weighted by atomic mass is 35.5. The predicted octanol–water partition coefficient (Wildman–Crippen LogP) is 4.10. The number of aryl methyl sites for hydroxylation is 1. The number of nitrogens with zero attached hydrogens (tertiary/aromatic N) is 1. The van der Waals surface area contributed by atoms with E-state index in [1.807, 2.05) is 6.92 Å². The van der Waals surface area contributed by atoms with Gasteiger partial charge in [0, 0.05) is 35.2 Å². The molecule has 0 radical (unpaired) electrons. The molecule has 0 bridgehead atoms. The van der Waals surface area contributed by atoms with Gasteiger partial charge in [0.05, 0.1) is 11.9 Å². The molecule has 2 aromatic carbocycles. The Kier molecular flexibility index (Phi) is 8.66. The van der Waals surface area contributed by atoms with Crippen molar-refractivity contribution in [1.82, 2.24) is 5.32 Å². The van der Waals surface area contributed by atoms with Gasteiger partial charge in [-0.3, -0.25) is 9.10 Å². The Morgan fingerprint density at radius 1 is 1.11 bits per heavy atom. The zero-order valence-electron chi connectivity index (χ0n) is 16.0. The fraction of sp³-hybridized carbons (Fsp3) is 0.350. The summed E-state index contributed by atoms with van der Waals surface area (Å²) in [5.41, 5.74) is 1.76. The quantitative estimate of drug-likeness (QED) is 0.446. The van der Waals surface area contributed by atoms with Crippen LogP contribution in [-0.2, 0) is 14.8 Å². The molecular weight excluding hydrogens is 416 g/mol. The lowest BCUT2D eigenvalue weighted by Gasteiger charge is -2.22. The maximum atomic E-state index is 12.0. The molecule has 0 saturated carbocycles. The number of benzene rings is 2. The van der Waals surface area contributed by atoms with Crippen LogP contribution >= 0.6 is 23.4 Å². The summed E-state index contributed by atoms with van der Waals surface area (Å²) < 4.78 is 25.4. The Morgan fingerprint density at radius 3 is 2.36 bits per heavy atom. The summed E-state index contributed by atoms with van der Waals surface area (Å²) in [7, 11) is -3.43. The summed E-state index contributed by atoms with van der Waals surface area (Å²) >= 11 is 7.55. The standard InChI is InChI=1S/C20H25ClN2O3S2/c1-16-5-11-19(12-6-16)27-15-13-22-20(24)4-3-14-23(28(2,25)26)18-9-7-17(21)8-10-18/h5-12H,3-4,13-15H2,1-2H3,(H,22,24). The van der Waals surface area contributed by atoms with Gasteiger partial charge in [-0.1, -0.05) is 29.3 Å². The van der Waals surface area contributed by atoms with Gasteiger partial charge in [-0.2, -0.15) is 0 Å². The summed E-state index contributed by atoms with van der Waals surface area (Å²) in [5.74, 6) is 0.712. The van der Waals surface area contributed by atoms with Crippen molar-refractivity contribution in [2.45, 2.75) is 24.7 Å². The SMILES string of the molecule is Cc1ccc(SCCNC(=O)CCCN(c2ccc(Cl)cc2)S(C)(=O)=O)cc1. The van der Waals surface area contributed by atoms with Crippen LogP contribution in [0.5, 0.6) is 0 Å². The van der Waals surface area contributed by atoms with Crippen LogP contribution in [-0.4, -0.2) is 39.4 Å². The van der Waals surface area contributed by atoms with Gasteiger partial charge in [0.25, 0.3) is 0 Å². The van der Waals surface area contributed by atoms with Gasteiger partial charge >= 0.3 is 0 Å². The van der Waals surface area contributed by atoms with Crippen LogP contribution in [0.4, 0.5) is 5.69 Å². The third-order valence-electron chi connectivity index (χ3n) is 3.99. The molecule has 5 nitrogen and oxygen atoms in total. The minimum Gasteiger partial charge on any atom is -0.355 e. The Hall–Kier alpha value is -1.70. The molecule has 0 heterocycles. The molecule has 0 aliphatic carbocycles. The summed E-state index contributed by atoms with van der Waals surface area (Å²) in [5, 5.41) is 3.42. The van der Waals surface area contributed by atoms with Crippen LogP contribution in [0.3, 0.4) is 0 Å². The van der Waals surface area contributed by atoms with Crippen LogP contribution in [0, 0.1) is 6.92 Å². The van der Waals surface area contributed by atoms with Gasteiger partial charge < -0.3 is 5.32 Å². The van der Waals surface area contributed by atoms with E-state index in [2.05, 4.69) is 29.6 Å². The molecule has 28 heavy (non-hydrogen) atoms. The second kappa shape index (κ2) is 10.7. The number of sulfonamides is 1. The number of carbonyl (C=O) groups is 1. The number of amides is 1. The highest BCUT2D eigenvalue weighted by Crippen LogP contribution is 2.21. The van der Waals surface area contributed by atoms with E-state index in [0.717, 1.165) is 12.0 Å². The number of halogens is 1. The van der Waals surface area contributed by atoms with Gasteiger partial charge in [0.1, 0.15) is 0 Å². The van der Waals surface area contributed by atoms with Gasteiger partial charge in [-0.25, -0.2) is 8.42 Å². The first-order valence-electron chi connectivity index (χ1n) is 8.95. The number of thioether (sulfide) groups is 1. The Bertz CT molecular complexity index is 869. The molecule has 1 N–H and O–H groups in total. The highest BCUT2D eigenvalue weighted by molar-refractivity contribution is 7.99. The largest absolute Gasteiger partial charge is 0.355 e. The smallest absolute Gasteiger partial charge is 0.232 e. The first-order chi connectivity index (χ1) is 13.3. The Balaban J connectivity index is 1.73. The molecule has 2 aromatic rings. The molecule has 0 atom stereocenters. The normalized spacial score (nSPS) is 11.2. The zero-order valence-corrected chi connectivity index (χ0v) is 18.4. The van der Waals surface area contributed by atoms with Crippen molar-refractivity contribution in [2.75, 3.05) is 29.4 Å². The second-order valence-electron chi connectivity index (χ2n) is 6.43. The molecular formula is C20H25ClN2O3S2. The first kappa shape index (κ1) is 22.6. The number of hydrogen-bond acceptors (Lipinski definition) is 4.